The maximum absolute atomic E-state index is 13.3. The van der Waals surface area contributed by atoms with E-state index in [4.69, 9.17) is 4.42 Å². The molecule has 0 amide bonds. The number of aromatic hydroxyl groups is 1. The molecule has 13 aromatic rings. The van der Waals surface area contributed by atoms with Gasteiger partial charge in [-0.05, 0) is 221 Å². The van der Waals surface area contributed by atoms with Gasteiger partial charge in [0.05, 0.1) is 22.7 Å². The van der Waals surface area contributed by atoms with E-state index in [9.17, 15) is 5.11 Å². The molecule has 0 spiro atoms. The van der Waals surface area contributed by atoms with Crippen molar-refractivity contribution in [3.63, 3.8) is 0 Å². The summed E-state index contributed by atoms with van der Waals surface area (Å²) in [5.74, 6) is 1.05. The van der Waals surface area contributed by atoms with E-state index in [0.29, 0.717) is 11.8 Å². The number of phenols is 1. The Morgan fingerprint density at radius 2 is 0.795 bits per heavy atom. The second-order valence-corrected chi connectivity index (χ2v) is 25.8. The van der Waals surface area contributed by atoms with Crippen LogP contribution in [0.15, 0.2) is 205 Å². The standard InChI is InChI=1S/C84H78N2O2/c1-7-56-23-15-17-31-64(56)60-29-19-30-61(49-60)66-33-21-37-76(82(66)87)85(62-45-52(3)43-53(4)46-62)78-50-74(58-25-11-9-12-26-58)67-40-42-73-79(51-75(59-27-13-10-14-28-59)68-39-41-72(78)80(67)81(68)73)86(63-47-54(5)44-55(6)48-63)77-38-22-36-71-70-35-20-34-69(83(70)88-84(71)77)65-32-18-16-24-57(65)8-2/h15-24,29-51,58-59,87H,7-14,25-28H2,1-6H3. The summed E-state index contributed by atoms with van der Waals surface area (Å²) in [6.07, 6.45) is 13.9. The first-order valence-corrected chi connectivity index (χ1v) is 32.7. The summed E-state index contributed by atoms with van der Waals surface area (Å²) in [7, 11) is 0. The summed E-state index contributed by atoms with van der Waals surface area (Å²) in [4.78, 5) is 4.97. The fourth-order valence-electron chi connectivity index (χ4n) is 16.1. The Bertz CT molecular complexity index is 4780. The number of benzene rings is 12. The predicted octanol–water partition coefficient (Wildman–Crippen LogP) is 24.6. The van der Waals surface area contributed by atoms with Gasteiger partial charge in [-0.3, -0.25) is 0 Å². The maximum Gasteiger partial charge on any atom is 0.159 e. The Morgan fingerprint density at radius 3 is 1.36 bits per heavy atom. The zero-order chi connectivity index (χ0) is 59.7. The highest BCUT2D eigenvalue weighted by atomic mass is 16.3. The number of hydrogen-bond donors (Lipinski definition) is 1. The largest absolute Gasteiger partial charge is 0.505 e. The molecule has 2 saturated carbocycles. The number of fused-ring (bicyclic) bond motifs is 3. The predicted molar refractivity (Wildman–Crippen MR) is 374 cm³/mol. The molecular formula is C84H78N2O2. The molecule has 12 aromatic carbocycles. The molecule has 0 aliphatic heterocycles. The normalized spacial score (nSPS) is 14.3. The van der Waals surface area contributed by atoms with E-state index in [1.54, 1.807) is 0 Å². The van der Waals surface area contributed by atoms with Gasteiger partial charge in [0.1, 0.15) is 11.3 Å². The van der Waals surface area contributed by atoms with Crippen molar-refractivity contribution < 1.29 is 9.52 Å². The van der Waals surface area contributed by atoms with Crippen LogP contribution in [0.25, 0.3) is 87.6 Å². The molecule has 0 unspecified atom stereocenters. The third-order valence-corrected chi connectivity index (χ3v) is 20.0. The van der Waals surface area contributed by atoms with Crippen LogP contribution in [0.3, 0.4) is 0 Å². The Hall–Kier alpha value is -9.12. The van der Waals surface area contributed by atoms with Crippen molar-refractivity contribution in [1.82, 2.24) is 0 Å². The van der Waals surface area contributed by atoms with E-state index in [1.165, 1.54) is 132 Å². The minimum atomic E-state index is 0.264. The second-order valence-electron chi connectivity index (χ2n) is 25.8. The van der Waals surface area contributed by atoms with Gasteiger partial charge < -0.3 is 19.3 Å². The number of anilines is 6. The van der Waals surface area contributed by atoms with E-state index in [-0.39, 0.29) is 5.75 Å². The molecule has 436 valence electrons. The van der Waals surface area contributed by atoms with Crippen LogP contribution in [0.2, 0.25) is 0 Å². The van der Waals surface area contributed by atoms with Gasteiger partial charge in [0.25, 0.3) is 0 Å². The molecule has 4 nitrogen and oxygen atoms in total. The van der Waals surface area contributed by atoms with Gasteiger partial charge in [0.2, 0.25) is 0 Å². The fraction of sp³-hybridized carbons (Fsp3) is 0.238. The molecule has 0 radical (unpaired) electrons. The minimum Gasteiger partial charge on any atom is -0.505 e. The highest BCUT2D eigenvalue weighted by Gasteiger charge is 2.32. The Kier molecular flexibility index (Phi) is 14.4. The smallest absolute Gasteiger partial charge is 0.159 e. The van der Waals surface area contributed by atoms with Gasteiger partial charge in [-0.1, -0.05) is 198 Å². The van der Waals surface area contributed by atoms with Crippen LogP contribution in [0.1, 0.15) is 134 Å². The molecule has 2 fully saturated rings. The van der Waals surface area contributed by atoms with Crippen molar-refractivity contribution in [3.05, 3.63) is 245 Å². The second kappa shape index (κ2) is 22.9. The first kappa shape index (κ1) is 55.5. The summed E-state index contributed by atoms with van der Waals surface area (Å²) in [5, 5.41) is 23.2. The van der Waals surface area contributed by atoms with Crippen molar-refractivity contribution in [1.29, 1.82) is 0 Å². The summed E-state index contributed by atoms with van der Waals surface area (Å²) in [5.41, 5.74) is 24.8. The maximum atomic E-state index is 13.3. The first-order chi connectivity index (χ1) is 43.1. The number of phenolic OH excluding ortho intramolecular Hbond substituents is 1. The van der Waals surface area contributed by atoms with Crippen molar-refractivity contribution in [2.75, 3.05) is 9.80 Å². The SMILES string of the molecule is CCc1ccccc1-c1cccc(-c2cccc(N(c3cc(C)cc(C)c3)c3cc(C4CCCCC4)c4ccc5c(N(c6cc(C)cc(C)c6)c6cccc7c6oc6c(-c8ccccc8CC)cccc67)cc(C6CCCCC6)c6ccc3c4c65)c2O)c1. The van der Waals surface area contributed by atoms with Gasteiger partial charge in [-0.15, -0.1) is 0 Å². The quantitative estimate of drug-likeness (QED) is 0.117. The van der Waals surface area contributed by atoms with E-state index in [2.05, 4.69) is 252 Å². The van der Waals surface area contributed by atoms with E-state index in [1.807, 2.05) is 0 Å². The van der Waals surface area contributed by atoms with Crippen LogP contribution in [0.4, 0.5) is 34.1 Å². The van der Waals surface area contributed by atoms with Crippen molar-refractivity contribution in [3.8, 4) is 39.1 Å². The van der Waals surface area contributed by atoms with E-state index >= 15 is 0 Å². The highest BCUT2D eigenvalue weighted by Crippen LogP contribution is 2.56. The fourth-order valence-corrected chi connectivity index (χ4v) is 16.1. The lowest BCUT2D eigenvalue weighted by molar-refractivity contribution is 0.445. The molecule has 0 saturated heterocycles. The number of hydrogen-bond acceptors (Lipinski definition) is 4. The minimum absolute atomic E-state index is 0.264. The van der Waals surface area contributed by atoms with Gasteiger partial charge in [0, 0.05) is 44.0 Å². The molecule has 0 atom stereocenters. The monoisotopic (exact) mass is 1150 g/mol. The third kappa shape index (κ3) is 9.59. The molecule has 1 N–H and O–H groups in total. The van der Waals surface area contributed by atoms with Crippen LogP contribution in [0, 0.1) is 27.7 Å². The Morgan fingerprint density at radius 1 is 0.364 bits per heavy atom. The number of rotatable bonds is 13. The summed E-state index contributed by atoms with van der Waals surface area (Å²) < 4.78 is 7.46. The van der Waals surface area contributed by atoms with Crippen LogP contribution in [0.5, 0.6) is 5.75 Å². The molecule has 15 rings (SSSR count). The number of aryl methyl sites for hydroxylation is 6. The lowest BCUT2D eigenvalue weighted by atomic mass is 9.77. The van der Waals surface area contributed by atoms with Crippen LogP contribution in [-0.4, -0.2) is 5.11 Å². The topological polar surface area (TPSA) is 39.9 Å². The molecule has 2 aliphatic rings. The molecule has 2 aliphatic carbocycles. The molecule has 88 heavy (non-hydrogen) atoms. The van der Waals surface area contributed by atoms with Crippen LogP contribution >= 0.6 is 0 Å². The van der Waals surface area contributed by atoms with E-state index in [0.717, 1.165) is 111 Å². The van der Waals surface area contributed by atoms with Gasteiger partial charge >= 0.3 is 0 Å². The molecule has 1 aromatic heterocycles. The zero-order valence-electron chi connectivity index (χ0n) is 51.9. The first-order valence-electron chi connectivity index (χ1n) is 32.7. The van der Waals surface area contributed by atoms with Crippen molar-refractivity contribution in [2.24, 2.45) is 0 Å². The zero-order valence-corrected chi connectivity index (χ0v) is 51.9. The highest BCUT2D eigenvalue weighted by molar-refractivity contribution is 6.30. The van der Waals surface area contributed by atoms with Crippen LogP contribution in [-0.2, 0) is 12.8 Å². The lowest BCUT2D eigenvalue weighted by Gasteiger charge is -2.34. The Labute approximate surface area is 519 Å². The van der Waals surface area contributed by atoms with Crippen LogP contribution < -0.4 is 9.80 Å². The number of nitrogens with zero attached hydrogens (tertiary/aromatic N) is 2. The van der Waals surface area contributed by atoms with Crippen molar-refractivity contribution >= 4 is 88.4 Å². The van der Waals surface area contributed by atoms with Gasteiger partial charge in [-0.25, -0.2) is 0 Å². The summed E-state index contributed by atoms with van der Waals surface area (Å²) in [6, 6.07) is 75.1. The number of furan rings is 1. The lowest BCUT2D eigenvalue weighted by Crippen LogP contribution is -2.15. The third-order valence-electron chi connectivity index (χ3n) is 20.0. The van der Waals surface area contributed by atoms with Gasteiger partial charge in [0.15, 0.2) is 5.58 Å². The van der Waals surface area contributed by atoms with E-state index < -0.39 is 0 Å². The average Bonchev–Trinajstić information content (AvgIpc) is 0.739. The van der Waals surface area contributed by atoms with Crippen molar-refractivity contribution in [2.45, 2.75) is 130 Å². The molecule has 0 bridgehead atoms. The summed E-state index contributed by atoms with van der Waals surface area (Å²) in [6.45, 7) is 13.3. The summed E-state index contributed by atoms with van der Waals surface area (Å²) >= 11 is 0. The Balaban J connectivity index is 1.03. The molecular weight excluding hydrogens is 1070 g/mol. The van der Waals surface area contributed by atoms with Gasteiger partial charge in [-0.2, -0.15) is 0 Å². The average molecular weight is 1150 g/mol. The number of para-hydroxylation sites is 3. The molecule has 1 heterocycles. The molecule has 4 heteroatoms.